The van der Waals surface area contributed by atoms with Gasteiger partial charge in [-0.05, 0) is 68.9 Å². The van der Waals surface area contributed by atoms with Gasteiger partial charge in [0.2, 0.25) is 0 Å². The van der Waals surface area contributed by atoms with Crippen molar-refractivity contribution in [1.82, 2.24) is 0 Å². The highest BCUT2D eigenvalue weighted by molar-refractivity contribution is 5.45. The van der Waals surface area contributed by atoms with Crippen LogP contribution in [0, 0.1) is 27.7 Å². The van der Waals surface area contributed by atoms with Crippen LogP contribution >= 0.6 is 0 Å². The molecule has 4 N–H and O–H groups in total. The number of benzene rings is 1. The number of hydrogen-bond donors (Lipinski definition) is 2. The maximum absolute atomic E-state index is 6.26. The minimum atomic E-state index is 0.0543. The average molecular weight is 220 g/mol. The molecule has 2 atom stereocenters. The van der Waals surface area contributed by atoms with Crippen molar-refractivity contribution in [3.05, 3.63) is 33.9 Å². The Morgan fingerprint density at radius 2 is 1.44 bits per heavy atom. The van der Waals surface area contributed by atoms with Crippen LogP contribution in [0.4, 0.5) is 0 Å². The Balaban J connectivity index is 3.21. The van der Waals surface area contributed by atoms with E-state index < -0.39 is 0 Å². The van der Waals surface area contributed by atoms with Crippen molar-refractivity contribution in [3.8, 4) is 0 Å². The smallest absolute Gasteiger partial charge is 0.0315 e. The fourth-order valence-corrected chi connectivity index (χ4v) is 2.32. The van der Waals surface area contributed by atoms with Crippen molar-refractivity contribution in [2.45, 2.75) is 53.1 Å². The summed E-state index contributed by atoms with van der Waals surface area (Å²) in [5, 5.41) is 0. The Hall–Kier alpha value is -0.860. The first-order chi connectivity index (χ1) is 7.34. The van der Waals surface area contributed by atoms with Crippen molar-refractivity contribution in [3.63, 3.8) is 0 Å². The second-order valence-corrected chi connectivity index (χ2v) is 4.99. The summed E-state index contributed by atoms with van der Waals surface area (Å²) in [6.45, 7) is 10.6. The highest BCUT2D eigenvalue weighted by Crippen LogP contribution is 2.28. The summed E-state index contributed by atoms with van der Waals surface area (Å²) >= 11 is 0. The van der Waals surface area contributed by atoms with E-state index in [1.807, 2.05) is 6.92 Å². The largest absolute Gasteiger partial charge is 0.328 e. The SMILES string of the molecule is Cc1cc(C)c(C)c(C(N)CC(C)N)c1C. The number of aryl methyl sites for hydroxylation is 2. The lowest BCUT2D eigenvalue weighted by Crippen LogP contribution is -2.24. The molecule has 0 saturated carbocycles. The molecule has 0 saturated heterocycles. The topological polar surface area (TPSA) is 52.0 Å². The molecule has 0 aromatic heterocycles. The lowest BCUT2D eigenvalue weighted by Gasteiger charge is -2.22. The van der Waals surface area contributed by atoms with Gasteiger partial charge < -0.3 is 11.5 Å². The molecule has 0 aliphatic rings. The monoisotopic (exact) mass is 220 g/mol. The van der Waals surface area contributed by atoms with Gasteiger partial charge in [-0.25, -0.2) is 0 Å². The minimum Gasteiger partial charge on any atom is -0.328 e. The van der Waals surface area contributed by atoms with Crippen LogP contribution in [0.15, 0.2) is 6.07 Å². The molecule has 0 aliphatic heterocycles. The van der Waals surface area contributed by atoms with Crippen LogP contribution in [0.25, 0.3) is 0 Å². The highest BCUT2D eigenvalue weighted by atomic mass is 14.7. The van der Waals surface area contributed by atoms with Gasteiger partial charge in [-0.3, -0.25) is 0 Å². The van der Waals surface area contributed by atoms with Crippen molar-refractivity contribution >= 4 is 0 Å². The third-order valence-electron chi connectivity index (χ3n) is 3.42. The van der Waals surface area contributed by atoms with Gasteiger partial charge >= 0.3 is 0 Å². The Labute approximate surface area is 99.0 Å². The van der Waals surface area contributed by atoms with Gasteiger partial charge in [-0.15, -0.1) is 0 Å². The Bertz CT molecular complexity index is 355. The van der Waals surface area contributed by atoms with E-state index in [0.29, 0.717) is 0 Å². The van der Waals surface area contributed by atoms with Gasteiger partial charge in [0.05, 0.1) is 0 Å². The van der Waals surface area contributed by atoms with Gasteiger partial charge in [0.25, 0.3) is 0 Å². The summed E-state index contributed by atoms with van der Waals surface area (Å²) in [7, 11) is 0. The molecule has 1 rings (SSSR count). The van der Waals surface area contributed by atoms with Crippen LogP contribution in [0.2, 0.25) is 0 Å². The van der Waals surface area contributed by atoms with Crippen molar-refractivity contribution in [2.75, 3.05) is 0 Å². The van der Waals surface area contributed by atoms with Crippen LogP contribution in [-0.2, 0) is 0 Å². The molecule has 2 unspecified atom stereocenters. The maximum atomic E-state index is 6.26. The van der Waals surface area contributed by atoms with Crippen molar-refractivity contribution < 1.29 is 0 Å². The molecular weight excluding hydrogens is 196 g/mol. The molecule has 1 aromatic rings. The molecular formula is C14H24N2. The fraction of sp³-hybridized carbons (Fsp3) is 0.571. The predicted molar refractivity (Wildman–Crippen MR) is 70.6 cm³/mol. The zero-order valence-corrected chi connectivity index (χ0v) is 11.1. The Morgan fingerprint density at radius 3 is 1.81 bits per heavy atom. The zero-order valence-electron chi connectivity index (χ0n) is 11.1. The van der Waals surface area contributed by atoms with Crippen LogP contribution in [0.1, 0.15) is 47.2 Å². The molecule has 16 heavy (non-hydrogen) atoms. The fourth-order valence-electron chi connectivity index (χ4n) is 2.32. The van der Waals surface area contributed by atoms with Gasteiger partial charge in [0, 0.05) is 12.1 Å². The molecule has 0 radical (unpaired) electrons. The second kappa shape index (κ2) is 4.98. The summed E-state index contributed by atoms with van der Waals surface area (Å²) < 4.78 is 0. The van der Waals surface area contributed by atoms with E-state index in [2.05, 4.69) is 33.8 Å². The summed E-state index contributed by atoms with van der Waals surface area (Å²) in [6.07, 6.45) is 0.838. The standard InChI is InChI=1S/C14H24N2/c1-8-6-9(2)12(5)14(11(8)4)13(16)7-10(3)15/h6,10,13H,7,15-16H2,1-5H3. The van der Waals surface area contributed by atoms with E-state index in [-0.39, 0.29) is 12.1 Å². The average Bonchev–Trinajstić information content (AvgIpc) is 2.14. The van der Waals surface area contributed by atoms with Crippen LogP contribution < -0.4 is 11.5 Å². The van der Waals surface area contributed by atoms with Gasteiger partial charge in [0.1, 0.15) is 0 Å². The number of hydrogen-bond acceptors (Lipinski definition) is 2. The van der Waals surface area contributed by atoms with Gasteiger partial charge in [0.15, 0.2) is 0 Å². The van der Waals surface area contributed by atoms with Crippen LogP contribution in [0.3, 0.4) is 0 Å². The first kappa shape index (κ1) is 13.2. The first-order valence-electron chi connectivity index (χ1n) is 5.93. The van der Waals surface area contributed by atoms with E-state index in [1.165, 1.54) is 27.8 Å². The second-order valence-electron chi connectivity index (χ2n) is 4.99. The maximum Gasteiger partial charge on any atom is 0.0315 e. The van der Waals surface area contributed by atoms with Crippen LogP contribution in [-0.4, -0.2) is 6.04 Å². The summed E-state index contributed by atoms with van der Waals surface area (Å²) in [5.41, 5.74) is 18.6. The van der Waals surface area contributed by atoms with Crippen LogP contribution in [0.5, 0.6) is 0 Å². The number of nitrogens with two attached hydrogens (primary N) is 2. The third kappa shape index (κ3) is 2.63. The summed E-state index contributed by atoms with van der Waals surface area (Å²) in [5.74, 6) is 0. The number of rotatable bonds is 3. The van der Waals surface area contributed by atoms with Gasteiger partial charge in [-0.1, -0.05) is 6.07 Å². The molecule has 0 heterocycles. The van der Waals surface area contributed by atoms with E-state index >= 15 is 0 Å². The van der Waals surface area contributed by atoms with Crippen molar-refractivity contribution in [1.29, 1.82) is 0 Å². The van der Waals surface area contributed by atoms with E-state index in [9.17, 15) is 0 Å². The lowest BCUT2D eigenvalue weighted by molar-refractivity contribution is 0.563. The molecule has 2 nitrogen and oxygen atoms in total. The zero-order chi connectivity index (χ0) is 12.5. The molecule has 2 heteroatoms. The summed E-state index contributed by atoms with van der Waals surface area (Å²) in [4.78, 5) is 0. The van der Waals surface area contributed by atoms with E-state index in [0.717, 1.165) is 6.42 Å². The summed E-state index contributed by atoms with van der Waals surface area (Å²) in [6, 6.07) is 2.43. The third-order valence-corrected chi connectivity index (χ3v) is 3.42. The molecule has 0 amide bonds. The highest BCUT2D eigenvalue weighted by Gasteiger charge is 2.16. The molecule has 0 fully saturated rings. The lowest BCUT2D eigenvalue weighted by atomic mass is 9.88. The normalized spacial score (nSPS) is 14.9. The van der Waals surface area contributed by atoms with E-state index in [4.69, 9.17) is 11.5 Å². The van der Waals surface area contributed by atoms with Gasteiger partial charge in [-0.2, -0.15) is 0 Å². The molecule has 0 spiro atoms. The molecule has 1 aromatic carbocycles. The van der Waals surface area contributed by atoms with Crippen molar-refractivity contribution in [2.24, 2.45) is 11.5 Å². The quantitative estimate of drug-likeness (QED) is 0.823. The Morgan fingerprint density at radius 1 is 1.00 bits per heavy atom. The first-order valence-corrected chi connectivity index (χ1v) is 5.93. The predicted octanol–water partition coefficient (Wildman–Crippen LogP) is 2.66. The molecule has 90 valence electrons. The van der Waals surface area contributed by atoms with E-state index in [1.54, 1.807) is 0 Å². The minimum absolute atomic E-state index is 0.0543. The molecule has 0 bridgehead atoms. The Kier molecular flexibility index (Phi) is 4.11. The molecule has 0 aliphatic carbocycles.